The average Bonchev–Trinajstić information content (AvgIpc) is 3.19. The molecule has 11 nitrogen and oxygen atoms in total. The fourth-order valence-corrected chi connectivity index (χ4v) is 4.38. The Morgan fingerprint density at radius 2 is 1.74 bits per heavy atom. The Morgan fingerprint density at radius 3 is 2.41 bits per heavy atom. The summed E-state index contributed by atoms with van der Waals surface area (Å²) in [6, 6.07) is 18.6. The van der Waals surface area contributed by atoms with Gasteiger partial charge in [-0.15, -0.1) is 0 Å². The number of methoxy groups -OCH3 is 1. The largest absolute Gasteiger partial charge is 0.493 e. The highest BCUT2D eigenvalue weighted by atomic mass is 32.2. The van der Waals surface area contributed by atoms with Crippen molar-refractivity contribution in [3.8, 4) is 11.5 Å². The van der Waals surface area contributed by atoms with Crippen LogP contribution >= 0.6 is 11.8 Å². The number of para-hydroxylation sites is 1. The van der Waals surface area contributed by atoms with E-state index in [9.17, 15) is 29.3 Å². The Bertz CT molecular complexity index is 1470. The molecule has 0 unspecified atom stereocenters. The van der Waals surface area contributed by atoms with Gasteiger partial charge in [-0.25, -0.2) is 0 Å². The molecule has 3 aromatic rings. The van der Waals surface area contributed by atoms with E-state index in [-0.39, 0.29) is 28.7 Å². The molecule has 0 saturated carbocycles. The van der Waals surface area contributed by atoms with E-state index in [4.69, 9.17) is 9.47 Å². The summed E-state index contributed by atoms with van der Waals surface area (Å²) in [5.74, 6) is -0.919. The zero-order chi connectivity index (χ0) is 27.9. The lowest BCUT2D eigenvalue weighted by atomic mass is 10.1. The molecule has 0 radical (unpaired) electrons. The molecule has 1 N–H and O–H groups in total. The first kappa shape index (κ1) is 27.1. The van der Waals surface area contributed by atoms with Crippen LogP contribution < -0.4 is 14.8 Å². The van der Waals surface area contributed by atoms with Crippen LogP contribution in [0.25, 0.3) is 6.08 Å². The van der Waals surface area contributed by atoms with Crippen molar-refractivity contribution in [1.29, 1.82) is 0 Å². The van der Waals surface area contributed by atoms with Crippen LogP contribution in [-0.2, 0) is 9.59 Å². The molecule has 1 fully saturated rings. The number of anilines is 1. The number of ketones is 1. The van der Waals surface area contributed by atoms with Gasteiger partial charge in [-0.05, 0) is 59.8 Å². The summed E-state index contributed by atoms with van der Waals surface area (Å²) in [6.45, 7) is -0.757. The lowest BCUT2D eigenvalue weighted by Gasteiger charge is -2.12. The molecule has 0 aliphatic carbocycles. The predicted octanol–water partition coefficient (Wildman–Crippen LogP) is 4.54. The standard InChI is InChI=1S/C27H21N3O8S/c1-37-23-13-17(7-12-22(23)38-16-25(32)28-19-5-3-2-4-6-19)14-24-26(33)29(27(34)39-24)15-21(31)18-8-10-20(11-9-18)30(35)36/h2-14H,15-16H2,1H3,(H,28,32)/b24-14-. The van der Waals surface area contributed by atoms with Gasteiger partial charge in [-0.1, -0.05) is 24.3 Å². The molecular weight excluding hydrogens is 526 g/mol. The van der Waals surface area contributed by atoms with E-state index in [1.807, 2.05) is 6.07 Å². The molecular formula is C27H21N3O8S. The van der Waals surface area contributed by atoms with Gasteiger partial charge >= 0.3 is 0 Å². The van der Waals surface area contributed by atoms with Gasteiger partial charge in [0.1, 0.15) is 0 Å². The Morgan fingerprint density at radius 1 is 1.03 bits per heavy atom. The molecule has 1 heterocycles. The first-order valence-corrected chi connectivity index (χ1v) is 12.3. The number of rotatable bonds is 10. The van der Waals surface area contributed by atoms with Crippen molar-refractivity contribution < 1.29 is 33.6 Å². The molecule has 1 aliphatic heterocycles. The van der Waals surface area contributed by atoms with Crippen molar-refractivity contribution >= 4 is 52.0 Å². The summed E-state index contributed by atoms with van der Waals surface area (Å²) < 4.78 is 10.9. The van der Waals surface area contributed by atoms with Crippen molar-refractivity contribution in [3.63, 3.8) is 0 Å². The van der Waals surface area contributed by atoms with E-state index >= 15 is 0 Å². The third-order valence-electron chi connectivity index (χ3n) is 5.48. The number of hydrogen-bond acceptors (Lipinski definition) is 9. The van der Waals surface area contributed by atoms with E-state index in [0.717, 1.165) is 4.90 Å². The zero-order valence-electron chi connectivity index (χ0n) is 20.5. The van der Waals surface area contributed by atoms with Crippen LogP contribution in [0.1, 0.15) is 15.9 Å². The zero-order valence-corrected chi connectivity index (χ0v) is 21.3. The second-order valence-corrected chi connectivity index (χ2v) is 9.10. The maximum Gasteiger partial charge on any atom is 0.293 e. The molecule has 3 amide bonds. The van der Waals surface area contributed by atoms with Crippen LogP contribution in [0, 0.1) is 10.1 Å². The van der Waals surface area contributed by atoms with Gasteiger partial charge in [0.05, 0.1) is 23.5 Å². The number of nitro groups is 1. The van der Waals surface area contributed by atoms with Crippen molar-refractivity contribution in [1.82, 2.24) is 4.90 Å². The van der Waals surface area contributed by atoms with Gasteiger partial charge in [0.15, 0.2) is 23.9 Å². The molecule has 1 saturated heterocycles. The quantitative estimate of drug-likeness (QED) is 0.167. The average molecular weight is 548 g/mol. The Labute approximate surface area is 226 Å². The van der Waals surface area contributed by atoms with Crippen LogP contribution in [0.2, 0.25) is 0 Å². The van der Waals surface area contributed by atoms with Crippen LogP contribution in [-0.4, -0.2) is 52.9 Å². The summed E-state index contributed by atoms with van der Waals surface area (Å²) in [6.07, 6.45) is 1.48. The molecule has 198 valence electrons. The molecule has 12 heteroatoms. The number of non-ortho nitro benzene ring substituents is 1. The maximum absolute atomic E-state index is 12.9. The number of amides is 3. The van der Waals surface area contributed by atoms with Gasteiger partial charge in [0.2, 0.25) is 0 Å². The van der Waals surface area contributed by atoms with Crippen LogP contribution in [0.3, 0.4) is 0 Å². The van der Waals surface area contributed by atoms with E-state index in [2.05, 4.69) is 5.32 Å². The molecule has 1 aliphatic rings. The van der Waals surface area contributed by atoms with Gasteiger partial charge in [-0.3, -0.25) is 34.2 Å². The smallest absolute Gasteiger partial charge is 0.293 e. The summed E-state index contributed by atoms with van der Waals surface area (Å²) in [5.41, 5.74) is 1.13. The molecule has 0 bridgehead atoms. The number of thioether (sulfide) groups is 1. The Hall–Kier alpha value is -4.97. The number of nitro benzene ring substituents is 1. The first-order valence-electron chi connectivity index (χ1n) is 11.4. The second-order valence-electron chi connectivity index (χ2n) is 8.11. The normalized spacial score (nSPS) is 13.9. The van der Waals surface area contributed by atoms with Gasteiger partial charge < -0.3 is 14.8 Å². The molecule has 39 heavy (non-hydrogen) atoms. The predicted molar refractivity (Wildman–Crippen MR) is 144 cm³/mol. The van der Waals surface area contributed by atoms with Gasteiger partial charge in [0.25, 0.3) is 22.7 Å². The first-order chi connectivity index (χ1) is 18.7. The number of Topliss-reactive ketones (excluding diaryl/α,β-unsaturated/α-hetero) is 1. The third-order valence-corrected chi connectivity index (χ3v) is 6.38. The van der Waals surface area contributed by atoms with E-state index < -0.39 is 28.4 Å². The number of imide groups is 1. The number of nitrogens with one attached hydrogen (secondary N) is 1. The minimum Gasteiger partial charge on any atom is -0.493 e. The van der Waals surface area contributed by atoms with Crippen LogP contribution in [0.5, 0.6) is 11.5 Å². The van der Waals surface area contributed by atoms with Crippen molar-refractivity contribution in [3.05, 3.63) is 98.9 Å². The molecule has 0 aromatic heterocycles. The molecule has 4 rings (SSSR count). The number of carbonyl (C=O) groups excluding carboxylic acids is 4. The van der Waals surface area contributed by atoms with Crippen molar-refractivity contribution in [2.24, 2.45) is 0 Å². The molecule has 3 aromatic carbocycles. The summed E-state index contributed by atoms with van der Waals surface area (Å²) in [4.78, 5) is 61.2. The Balaban J connectivity index is 1.40. The van der Waals surface area contributed by atoms with Gasteiger partial charge in [-0.2, -0.15) is 0 Å². The lowest BCUT2D eigenvalue weighted by Crippen LogP contribution is -2.33. The number of nitrogens with zero attached hydrogens (tertiary/aromatic N) is 2. The highest BCUT2D eigenvalue weighted by Crippen LogP contribution is 2.34. The topological polar surface area (TPSA) is 145 Å². The number of ether oxygens (including phenoxy) is 2. The van der Waals surface area contributed by atoms with Crippen LogP contribution in [0.15, 0.2) is 77.7 Å². The minimum atomic E-state index is -0.642. The lowest BCUT2D eigenvalue weighted by molar-refractivity contribution is -0.384. The Kier molecular flexibility index (Phi) is 8.37. The summed E-state index contributed by atoms with van der Waals surface area (Å²) in [5, 5.41) is 12.9. The fraction of sp³-hybridized carbons (Fsp3) is 0.111. The maximum atomic E-state index is 12.9. The van der Waals surface area contributed by atoms with E-state index in [1.165, 1.54) is 37.5 Å². The second kappa shape index (κ2) is 12.0. The molecule has 0 atom stereocenters. The number of carbonyl (C=O) groups is 4. The minimum absolute atomic E-state index is 0.106. The van der Waals surface area contributed by atoms with E-state index in [1.54, 1.807) is 42.5 Å². The fourth-order valence-electron chi connectivity index (χ4n) is 3.55. The van der Waals surface area contributed by atoms with Crippen molar-refractivity contribution in [2.75, 3.05) is 25.6 Å². The highest BCUT2D eigenvalue weighted by molar-refractivity contribution is 8.18. The SMILES string of the molecule is COc1cc(/C=C2\SC(=O)N(CC(=O)c3ccc([N+](=O)[O-])cc3)C2=O)ccc1OCC(=O)Nc1ccccc1. The van der Waals surface area contributed by atoms with Crippen molar-refractivity contribution in [2.45, 2.75) is 0 Å². The number of benzene rings is 3. The molecule has 0 spiro atoms. The van der Waals surface area contributed by atoms with Crippen LogP contribution in [0.4, 0.5) is 16.2 Å². The monoisotopic (exact) mass is 547 g/mol. The highest BCUT2D eigenvalue weighted by Gasteiger charge is 2.36. The number of hydrogen-bond donors (Lipinski definition) is 1. The summed E-state index contributed by atoms with van der Waals surface area (Å²) in [7, 11) is 1.42. The third kappa shape index (κ3) is 6.67. The van der Waals surface area contributed by atoms with Gasteiger partial charge in [0, 0.05) is 23.4 Å². The summed E-state index contributed by atoms with van der Waals surface area (Å²) >= 11 is 0.685. The van der Waals surface area contributed by atoms with E-state index in [0.29, 0.717) is 34.5 Å².